The van der Waals surface area contributed by atoms with Crippen molar-refractivity contribution in [2.45, 2.75) is 6.92 Å². The quantitative estimate of drug-likeness (QED) is 0.519. The molecule has 0 saturated heterocycles. The van der Waals surface area contributed by atoms with Crippen LogP contribution in [0.3, 0.4) is 0 Å². The predicted octanol–water partition coefficient (Wildman–Crippen LogP) is 4.39. The molecule has 4 heteroatoms. The Bertz CT molecular complexity index is 818. The van der Waals surface area contributed by atoms with Crippen LogP contribution in [0.25, 0.3) is 10.4 Å². The molecule has 3 aromatic rings. The maximum Gasteiger partial charge on any atom is 0.160 e. The minimum absolute atomic E-state index is 0.789. The zero-order valence-corrected chi connectivity index (χ0v) is 12.9. The number of carbonyl (C=O) groups excluding carboxylic acids is 1. The third kappa shape index (κ3) is 3.10. The molecule has 1 aromatic carbocycles. The van der Waals surface area contributed by atoms with Crippen LogP contribution in [-0.4, -0.2) is 11.3 Å². The van der Waals surface area contributed by atoms with Crippen molar-refractivity contribution in [1.29, 1.82) is 0 Å². The Kier molecular flexibility index (Phi) is 3.96. The highest BCUT2D eigenvalue weighted by Crippen LogP contribution is 2.30. The summed E-state index contributed by atoms with van der Waals surface area (Å²) in [5.74, 6) is 6.12. The van der Waals surface area contributed by atoms with Crippen molar-refractivity contribution in [2.24, 2.45) is 0 Å². The van der Waals surface area contributed by atoms with E-state index in [1.165, 1.54) is 22.7 Å². The molecule has 0 atom stereocenters. The van der Waals surface area contributed by atoms with Gasteiger partial charge >= 0.3 is 0 Å². The number of aldehydes is 1. The summed E-state index contributed by atoms with van der Waals surface area (Å²) >= 11 is 3.06. The number of thiazole rings is 1. The molecule has 2 heterocycles. The third-order valence-electron chi connectivity index (χ3n) is 3.00. The number of benzene rings is 1. The normalized spacial score (nSPS) is 9.95. The van der Waals surface area contributed by atoms with Crippen LogP contribution in [0.2, 0.25) is 0 Å². The Morgan fingerprint density at radius 3 is 2.62 bits per heavy atom. The number of carbonyl (C=O) groups is 1. The fraction of sp³-hybridized carbons (Fsp3) is 0.0588. The molecule has 2 nitrogen and oxygen atoms in total. The van der Waals surface area contributed by atoms with Gasteiger partial charge in [0, 0.05) is 15.8 Å². The van der Waals surface area contributed by atoms with Crippen LogP contribution >= 0.6 is 22.7 Å². The standard InChI is InChI=1S/C17H11NOS2/c1-12-8-16(21-17(12)9-19)14-5-2-13(3-6-14)4-7-15-10-20-11-18-15/h2-3,5-6,8-11H,1H3. The topological polar surface area (TPSA) is 30.0 Å². The second-order valence-electron chi connectivity index (χ2n) is 4.48. The highest BCUT2D eigenvalue weighted by molar-refractivity contribution is 7.17. The number of thiophene rings is 1. The molecule has 21 heavy (non-hydrogen) atoms. The number of nitrogens with zero attached hydrogens (tertiary/aromatic N) is 1. The number of hydrogen-bond acceptors (Lipinski definition) is 4. The first-order valence-electron chi connectivity index (χ1n) is 6.32. The van der Waals surface area contributed by atoms with Crippen molar-refractivity contribution in [3.05, 3.63) is 62.9 Å². The zero-order chi connectivity index (χ0) is 14.7. The van der Waals surface area contributed by atoms with Gasteiger partial charge in [-0.15, -0.1) is 22.7 Å². The van der Waals surface area contributed by atoms with E-state index < -0.39 is 0 Å². The van der Waals surface area contributed by atoms with Crippen LogP contribution in [0.15, 0.2) is 41.2 Å². The molecule has 2 aromatic heterocycles. The lowest BCUT2D eigenvalue weighted by Gasteiger charge is -1.97. The summed E-state index contributed by atoms with van der Waals surface area (Å²) in [4.78, 5) is 16.9. The molecule has 3 rings (SSSR count). The van der Waals surface area contributed by atoms with Gasteiger partial charge in [-0.3, -0.25) is 4.79 Å². The molecule has 0 spiro atoms. The van der Waals surface area contributed by atoms with E-state index in [-0.39, 0.29) is 0 Å². The summed E-state index contributed by atoms with van der Waals surface area (Å²) in [6, 6.07) is 10.1. The predicted molar refractivity (Wildman–Crippen MR) is 88.0 cm³/mol. The second kappa shape index (κ2) is 6.04. The van der Waals surface area contributed by atoms with E-state index >= 15 is 0 Å². The molecule has 0 radical (unpaired) electrons. The lowest BCUT2D eigenvalue weighted by molar-refractivity contribution is 0.112. The molecule has 0 aliphatic heterocycles. The highest BCUT2D eigenvalue weighted by Gasteiger charge is 2.06. The summed E-state index contributed by atoms with van der Waals surface area (Å²) in [5, 5.41) is 1.93. The first-order chi connectivity index (χ1) is 10.3. The van der Waals surface area contributed by atoms with Crippen LogP contribution < -0.4 is 0 Å². The monoisotopic (exact) mass is 309 g/mol. The van der Waals surface area contributed by atoms with E-state index in [4.69, 9.17) is 0 Å². The van der Waals surface area contributed by atoms with Crippen molar-refractivity contribution in [1.82, 2.24) is 4.98 Å². The van der Waals surface area contributed by atoms with Gasteiger partial charge in [0.25, 0.3) is 0 Å². The van der Waals surface area contributed by atoms with Crippen molar-refractivity contribution in [3.63, 3.8) is 0 Å². The average Bonchev–Trinajstić information content (AvgIpc) is 3.15. The zero-order valence-electron chi connectivity index (χ0n) is 11.3. The van der Waals surface area contributed by atoms with Crippen molar-refractivity contribution < 1.29 is 4.79 Å². The van der Waals surface area contributed by atoms with Crippen molar-refractivity contribution in [2.75, 3.05) is 0 Å². The molecule has 0 fully saturated rings. The maximum absolute atomic E-state index is 10.9. The third-order valence-corrected chi connectivity index (χ3v) is 4.80. The molecule has 102 valence electrons. The average molecular weight is 309 g/mol. The van der Waals surface area contributed by atoms with Crippen LogP contribution in [0.5, 0.6) is 0 Å². The minimum Gasteiger partial charge on any atom is -0.297 e. The van der Waals surface area contributed by atoms with Gasteiger partial charge in [0.1, 0.15) is 5.69 Å². The first-order valence-corrected chi connectivity index (χ1v) is 8.08. The number of aromatic nitrogens is 1. The van der Waals surface area contributed by atoms with E-state index in [2.05, 4.69) is 16.8 Å². The van der Waals surface area contributed by atoms with E-state index in [1.807, 2.05) is 42.6 Å². The molecule has 0 aliphatic carbocycles. The van der Waals surface area contributed by atoms with Gasteiger partial charge in [-0.2, -0.15) is 0 Å². The van der Waals surface area contributed by atoms with Gasteiger partial charge in [0.2, 0.25) is 0 Å². The van der Waals surface area contributed by atoms with Crippen LogP contribution in [0, 0.1) is 18.8 Å². The molecule has 0 saturated carbocycles. The second-order valence-corrected chi connectivity index (χ2v) is 6.28. The Labute approximate surface area is 131 Å². The number of rotatable bonds is 2. The summed E-state index contributed by atoms with van der Waals surface area (Å²) in [6.45, 7) is 1.96. The summed E-state index contributed by atoms with van der Waals surface area (Å²) < 4.78 is 0. The molecular weight excluding hydrogens is 298 g/mol. The van der Waals surface area contributed by atoms with Crippen molar-refractivity contribution >= 4 is 29.0 Å². The number of aryl methyl sites for hydroxylation is 1. The molecular formula is C17H11NOS2. The van der Waals surface area contributed by atoms with E-state index in [9.17, 15) is 4.79 Å². The van der Waals surface area contributed by atoms with Gasteiger partial charge in [0.05, 0.1) is 10.4 Å². The Balaban J connectivity index is 1.85. The van der Waals surface area contributed by atoms with E-state index in [0.717, 1.165) is 38.4 Å². The molecule has 0 bridgehead atoms. The lowest BCUT2D eigenvalue weighted by Crippen LogP contribution is -1.77. The molecule has 0 unspecified atom stereocenters. The van der Waals surface area contributed by atoms with Crippen LogP contribution in [-0.2, 0) is 0 Å². The first kappa shape index (κ1) is 13.7. The SMILES string of the molecule is Cc1cc(-c2ccc(C#Cc3cscn3)cc2)sc1C=O. The molecule has 0 aliphatic rings. The molecule has 0 N–H and O–H groups in total. The minimum atomic E-state index is 0.789. The van der Waals surface area contributed by atoms with Crippen LogP contribution in [0.1, 0.15) is 26.5 Å². The van der Waals surface area contributed by atoms with Gasteiger partial charge in [-0.1, -0.05) is 18.1 Å². The highest BCUT2D eigenvalue weighted by atomic mass is 32.1. The molecule has 0 amide bonds. The van der Waals surface area contributed by atoms with Gasteiger partial charge in [-0.25, -0.2) is 4.98 Å². The van der Waals surface area contributed by atoms with Gasteiger partial charge in [0.15, 0.2) is 6.29 Å². The fourth-order valence-corrected chi connectivity index (χ4v) is 3.36. The summed E-state index contributed by atoms with van der Waals surface area (Å²) in [6.07, 6.45) is 0.914. The maximum atomic E-state index is 10.9. The smallest absolute Gasteiger partial charge is 0.160 e. The summed E-state index contributed by atoms with van der Waals surface area (Å²) in [7, 11) is 0. The number of hydrogen-bond donors (Lipinski definition) is 0. The lowest BCUT2D eigenvalue weighted by atomic mass is 10.1. The van der Waals surface area contributed by atoms with Crippen molar-refractivity contribution in [3.8, 4) is 22.3 Å². The van der Waals surface area contributed by atoms with Gasteiger partial charge in [-0.05, 0) is 42.2 Å². The Hall–Kier alpha value is -2.22. The van der Waals surface area contributed by atoms with E-state index in [1.54, 1.807) is 5.51 Å². The Morgan fingerprint density at radius 2 is 2.00 bits per heavy atom. The fourth-order valence-electron chi connectivity index (χ4n) is 1.88. The Morgan fingerprint density at radius 1 is 1.19 bits per heavy atom. The largest absolute Gasteiger partial charge is 0.297 e. The van der Waals surface area contributed by atoms with Gasteiger partial charge < -0.3 is 0 Å². The van der Waals surface area contributed by atoms with E-state index in [0.29, 0.717) is 0 Å². The summed E-state index contributed by atoms with van der Waals surface area (Å²) in [5.41, 5.74) is 5.66. The van der Waals surface area contributed by atoms with Crippen LogP contribution in [0.4, 0.5) is 0 Å².